The van der Waals surface area contributed by atoms with Crippen molar-refractivity contribution >= 4 is 23.2 Å². The summed E-state index contributed by atoms with van der Waals surface area (Å²) in [6.45, 7) is 6.56. The molecule has 2 aliphatic rings. The van der Waals surface area contributed by atoms with Crippen LogP contribution in [0.3, 0.4) is 0 Å². The summed E-state index contributed by atoms with van der Waals surface area (Å²) in [6.07, 6.45) is 5.02. The molecule has 0 atom stereocenters. The highest BCUT2D eigenvalue weighted by Crippen LogP contribution is 2.33. The van der Waals surface area contributed by atoms with Gasteiger partial charge in [-0.2, -0.15) is 5.10 Å². The first-order chi connectivity index (χ1) is 14.5. The summed E-state index contributed by atoms with van der Waals surface area (Å²) >= 11 is 1.74. The lowest BCUT2D eigenvalue weighted by Gasteiger charge is -2.31. The van der Waals surface area contributed by atoms with Gasteiger partial charge in [0, 0.05) is 17.8 Å². The Morgan fingerprint density at radius 3 is 2.77 bits per heavy atom. The lowest BCUT2D eigenvalue weighted by Crippen LogP contribution is -2.38. The van der Waals surface area contributed by atoms with E-state index >= 15 is 0 Å². The molecule has 3 heterocycles. The average molecular weight is 430 g/mol. The van der Waals surface area contributed by atoms with Crippen molar-refractivity contribution in [1.82, 2.24) is 14.7 Å². The third-order valence-electron chi connectivity index (χ3n) is 6.51. The number of aromatic nitrogens is 2. The van der Waals surface area contributed by atoms with E-state index in [0.29, 0.717) is 25.5 Å². The first-order valence-corrected chi connectivity index (χ1v) is 11.9. The predicted octanol–water partition coefficient (Wildman–Crippen LogP) is 3.95. The summed E-state index contributed by atoms with van der Waals surface area (Å²) in [6, 6.07) is 4.20. The number of esters is 1. The van der Waals surface area contributed by atoms with Gasteiger partial charge in [0.15, 0.2) is 0 Å². The molecule has 0 bridgehead atoms. The van der Waals surface area contributed by atoms with Gasteiger partial charge in [0.1, 0.15) is 0 Å². The van der Waals surface area contributed by atoms with Gasteiger partial charge in [-0.1, -0.05) is 6.07 Å². The van der Waals surface area contributed by atoms with E-state index in [1.165, 1.54) is 16.1 Å². The average Bonchev–Trinajstić information content (AvgIpc) is 3.37. The third-order valence-corrected chi connectivity index (χ3v) is 7.37. The van der Waals surface area contributed by atoms with Crippen LogP contribution in [0.4, 0.5) is 0 Å². The maximum absolute atomic E-state index is 13.0. The van der Waals surface area contributed by atoms with E-state index < -0.39 is 0 Å². The maximum atomic E-state index is 13.0. The molecule has 1 aliphatic heterocycles. The molecule has 2 aromatic heterocycles. The van der Waals surface area contributed by atoms with Gasteiger partial charge in [0.2, 0.25) is 5.91 Å². The number of rotatable bonds is 6. The normalized spacial score (nSPS) is 21.3. The lowest BCUT2D eigenvalue weighted by molar-refractivity contribution is -0.149. The molecule has 162 valence electrons. The number of amides is 1. The van der Waals surface area contributed by atoms with Crippen molar-refractivity contribution in [2.45, 2.75) is 65.5 Å². The van der Waals surface area contributed by atoms with Gasteiger partial charge < -0.3 is 9.64 Å². The van der Waals surface area contributed by atoms with Crippen molar-refractivity contribution < 1.29 is 14.3 Å². The fourth-order valence-corrected chi connectivity index (χ4v) is 5.49. The van der Waals surface area contributed by atoms with Crippen LogP contribution in [-0.2, 0) is 33.8 Å². The summed E-state index contributed by atoms with van der Waals surface area (Å²) in [5.74, 6) is 0.563. The molecule has 30 heavy (non-hydrogen) atoms. The highest BCUT2D eigenvalue weighted by atomic mass is 32.1. The molecule has 0 radical (unpaired) electrons. The van der Waals surface area contributed by atoms with Gasteiger partial charge in [-0.05, 0) is 68.9 Å². The summed E-state index contributed by atoms with van der Waals surface area (Å²) in [7, 11) is 0. The Balaban J connectivity index is 1.34. The van der Waals surface area contributed by atoms with E-state index in [2.05, 4.69) is 29.1 Å². The zero-order chi connectivity index (χ0) is 21.1. The van der Waals surface area contributed by atoms with Crippen LogP contribution in [0, 0.1) is 18.8 Å². The molecule has 1 saturated carbocycles. The molecule has 0 unspecified atom stereocenters. The highest BCUT2D eigenvalue weighted by Gasteiger charge is 2.31. The maximum Gasteiger partial charge on any atom is 0.308 e. The Hall–Kier alpha value is -2.15. The molecule has 6 nitrogen and oxygen atoms in total. The molecule has 2 aromatic rings. The first-order valence-electron chi connectivity index (χ1n) is 11.1. The Bertz CT molecular complexity index is 882. The third kappa shape index (κ3) is 4.61. The molecule has 0 N–H and O–H groups in total. The van der Waals surface area contributed by atoms with Crippen LogP contribution in [0.25, 0.3) is 0 Å². The van der Waals surface area contributed by atoms with Crippen molar-refractivity contribution in [3.8, 4) is 0 Å². The topological polar surface area (TPSA) is 64.4 Å². The second kappa shape index (κ2) is 9.33. The Labute approximate surface area is 182 Å². The van der Waals surface area contributed by atoms with Crippen LogP contribution in [0.2, 0.25) is 0 Å². The van der Waals surface area contributed by atoms with Crippen LogP contribution in [0.5, 0.6) is 0 Å². The number of ether oxygens (including phenoxy) is 1. The second-order valence-corrected chi connectivity index (χ2v) is 9.52. The van der Waals surface area contributed by atoms with Crippen molar-refractivity contribution in [3.05, 3.63) is 39.3 Å². The quantitative estimate of drug-likeness (QED) is 0.653. The number of hydrogen-bond acceptors (Lipinski definition) is 5. The minimum absolute atomic E-state index is 0.0171. The lowest BCUT2D eigenvalue weighted by atomic mass is 9.80. The van der Waals surface area contributed by atoms with E-state index in [9.17, 15) is 9.59 Å². The van der Waals surface area contributed by atoms with Crippen molar-refractivity contribution in [1.29, 1.82) is 0 Å². The number of fused-ring (bicyclic) bond motifs is 1. The van der Waals surface area contributed by atoms with Crippen LogP contribution >= 0.6 is 11.3 Å². The molecule has 0 spiro atoms. The number of thiophene rings is 1. The summed E-state index contributed by atoms with van der Waals surface area (Å²) in [4.78, 5) is 28.3. The fourth-order valence-electron chi connectivity index (χ4n) is 4.81. The fraction of sp³-hybridized carbons (Fsp3) is 0.609. The Kier molecular flexibility index (Phi) is 6.56. The summed E-state index contributed by atoms with van der Waals surface area (Å²) < 4.78 is 7.24. The predicted molar refractivity (Wildman–Crippen MR) is 116 cm³/mol. The van der Waals surface area contributed by atoms with E-state index in [4.69, 9.17) is 9.84 Å². The van der Waals surface area contributed by atoms with Crippen molar-refractivity contribution in [3.63, 3.8) is 0 Å². The second-order valence-electron chi connectivity index (χ2n) is 8.49. The van der Waals surface area contributed by atoms with Crippen molar-refractivity contribution in [2.75, 3.05) is 13.2 Å². The Morgan fingerprint density at radius 1 is 1.27 bits per heavy atom. The highest BCUT2D eigenvalue weighted by molar-refractivity contribution is 7.09. The molecule has 1 amide bonds. The van der Waals surface area contributed by atoms with E-state index in [1.54, 1.807) is 11.3 Å². The molecular formula is C23H31N3O3S. The molecule has 0 aromatic carbocycles. The SMILES string of the molecule is CCOC(=O)C1CCC(CC(=O)N2CCc3c(C)nn(Cc4cccs4)c3C2)CC1. The minimum Gasteiger partial charge on any atom is -0.466 e. The van der Waals surface area contributed by atoms with Gasteiger partial charge in [0.05, 0.1) is 37.0 Å². The van der Waals surface area contributed by atoms with Crippen LogP contribution in [0.15, 0.2) is 17.5 Å². The standard InChI is InChI=1S/C23H31N3O3S/c1-3-29-23(28)18-8-6-17(7-9-18)13-22(27)25-11-10-20-16(2)24-26(21(20)15-25)14-19-5-4-12-30-19/h4-5,12,17-18H,3,6-11,13-15H2,1-2H3. The molecule has 0 saturated heterocycles. The van der Waals surface area contributed by atoms with Crippen LogP contribution in [-0.4, -0.2) is 39.7 Å². The number of carbonyl (C=O) groups is 2. The number of aryl methyl sites for hydroxylation is 1. The summed E-state index contributed by atoms with van der Waals surface area (Å²) in [5, 5.41) is 6.85. The molecule has 7 heteroatoms. The van der Waals surface area contributed by atoms with Gasteiger partial charge >= 0.3 is 5.97 Å². The van der Waals surface area contributed by atoms with Crippen LogP contribution in [0.1, 0.15) is 60.9 Å². The van der Waals surface area contributed by atoms with E-state index in [1.807, 2.05) is 11.8 Å². The van der Waals surface area contributed by atoms with Gasteiger partial charge in [-0.25, -0.2) is 0 Å². The summed E-state index contributed by atoms with van der Waals surface area (Å²) in [5.41, 5.74) is 3.59. The van der Waals surface area contributed by atoms with E-state index in [0.717, 1.165) is 50.9 Å². The largest absolute Gasteiger partial charge is 0.466 e. The Morgan fingerprint density at radius 2 is 2.07 bits per heavy atom. The number of nitrogens with zero attached hydrogens (tertiary/aromatic N) is 3. The molecule has 1 aliphatic carbocycles. The van der Waals surface area contributed by atoms with E-state index in [-0.39, 0.29) is 17.8 Å². The number of hydrogen-bond donors (Lipinski definition) is 0. The van der Waals surface area contributed by atoms with Crippen LogP contribution < -0.4 is 0 Å². The molecule has 1 fully saturated rings. The van der Waals surface area contributed by atoms with Gasteiger partial charge in [-0.15, -0.1) is 11.3 Å². The van der Waals surface area contributed by atoms with Crippen molar-refractivity contribution in [2.24, 2.45) is 11.8 Å². The zero-order valence-corrected chi connectivity index (χ0v) is 18.7. The number of carbonyl (C=O) groups excluding carboxylic acids is 2. The minimum atomic E-state index is -0.0693. The first kappa shape index (κ1) is 21.1. The molecular weight excluding hydrogens is 398 g/mol. The smallest absolute Gasteiger partial charge is 0.308 e. The van der Waals surface area contributed by atoms with Gasteiger partial charge in [-0.3, -0.25) is 14.3 Å². The zero-order valence-electron chi connectivity index (χ0n) is 17.9. The monoisotopic (exact) mass is 429 g/mol. The van der Waals surface area contributed by atoms with Gasteiger partial charge in [0.25, 0.3) is 0 Å². The molecule has 4 rings (SSSR count).